The fourth-order valence-corrected chi connectivity index (χ4v) is 2.04. The van der Waals surface area contributed by atoms with E-state index < -0.39 is 0 Å². The lowest BCUT2D eigenvalue weighted by Crippen LogP contribution is -2.41. The number of nitrogens with one attached hydrogen (secondary N) is 3. The van der Waals surface area contributed by atoms with E-state index in [4.69, 9.17) is 4.42 Å². The number of amides is 1. The molecule has 0 bridgehead atoms. The van der Waals surface area contributed by atoms with Crippen LogP contribution in [0.5, 0.6) is 0 Å². The van der Waals surface area contributed by atoms with E-state index in [0.29, 0.717) is 37.0 Å². The van der Waals surface area contributed by atoms with Crippen molar-refractivity contribution in [3.63, 3.8) is 0 Å². The van der Waals surface area contributed by atoms with E-state index in [9.17, 15) is 4.79 Å². The number of hydrogen-bond donors (Lipinski definition) is 3. The summed E-state index contributed by atoms with van der Waals surface area (Å²) in [6.07, 6.45) is 0. The Labute approximate surface area is 141 Å². The standard InChI is InChI=1S/C17H23N5O2/c1-12-13(2)24-15(22-12)11-21-17(18-3)20-10-9-19-16(23)14-7-5-4-6-8-14/h4-8H,9-11H2,1-3H3,(H,19,23)(H2,18,20,21). The van der Waals surface area contributed by atoms with Crippen LogP contribution in [0.4, 0.5) is 0 Å². The van der Waals surface area contributed by atoms with E-state index in [0.717, 1.165) is 11.5 Å². The molecular weight excluding hydrogens is 306 g/mol. The number of hydrogen-bond acceptors (Lipinski definition) is 4. The van der Waals surface area contributed by atoms with Crippen molar-refractivity contribution in [3.05, 3.63) is 53.2 Å². The number of carbonyl (C=O) groups is 1. The van der Waals surface area contributed by atoms with Gasteiger partial charge in [-0.25, -0.2) is 4.98 Å². The second-order valence-corrected chi connectivity index (χ2v) is 5.22. The fourth-order valence-electron chi connectivity index (χ4n) is 2.04. The molecule has 0 aliphatic carbocycles. The molecule has 1 heterocycles. The summed E-state index contributed by atoms with van der Waals surface area (Å²) in [7, 11) is 1.68. The molecule has 2 aromatic rings. The van der Waals surface area contributed by atoms with Gasteiger partial charge < -0.3 is 20.4 Å². The second-order valence-electron chi connectivity index (χ2n) is 5.22. The normalized spacial score (nSPS) is 11.2. The van der Waals surface area contributed by atoms with E-state index >= 15 is 0 Å². The van der Waals surface area contributed by atoms with Gasteiger partial charge in [0, 0.05) is 25.7 Å². The molecule has 0 unspecified atom stereocenters. The minimum atomic E-state index is -0.0916. The Balaban J connectivity index is 1.69. The quantitative estimate of drug-likeness (QED) is 0.423. The van der Waals surface area contributed by atoms with E-state index in [1.807, 2.05) is 32.0 Å². The predicted octanol–water partition coefficient (Wildman–Crippen LogP) is 1.39. The van der Waals surface area contributed by atoms with Crippen LogP contribution >= 0.6 is 0 Å². The average Bonchev–Trinajstić information content (AvgIpc) is 2.93. The van der Waals surface area contributed by atoms with Gasteiger partial charge in [-0.05, 0) is 26.0 Å². The zero-order valence-electron chi connectivity index (χ0n) is 14.2. The SMILES string of the molecule is CN=C(NCCNC(=O)c1ccccc1)NCc1nc(C)c(C)o1. The summed E-state index contributed by atoms with van der Waals surface area (Å²) >= 11 is 0. The first-order valence-corrected chi connectivity index (χ1v) is 7.81. The molecule has 24 heavy (non-hydrogen) atoms. The number of aliphatic imine (C=N–C) groups is 1. The van der Waals surface area contributed by atoms with Gasteiger partial charge in [0.1, 0.15) is 5.76 Å². The Bertz CT molecular complexity index is 675. The third kappa shape index (κ3) is 5.12. The van der Waals surface area contributed by atoms with Crippen molar-refractivity contribution in [1.29, 1.82) is 0 Å². The van der Waals surface area contributed by atoms with Crippen LogP contribution < -0.4 is 16.0 Å². The lowest BCUT2D eigenvalue weighted by molar-refractivity contribution is 0.0954. The number of aromatic nitrogens is 1. The van der Waals surface area contributed by atoms with Crippen molar-refractivity contribution in [2.45, 2.75) is 20.4 Å². The lowest BCUT2D eigenvalue weighted by atomic mass is 10.2. The number of aryl methyl sites for hydroxylation is 2. The maximum absolute atomic E-state index is 11.9. The van der Waals surface area contributed by atoms with Gasteiger partial charge >= 0.3 is 0 Å². The maximum atomic E-state index is 11.9. The molecule has 1 aromatic carbocycles. The van der Waals surface area contributed by atoms with Gasteiger partial charge in [-0.15, -0.1) is 0 Å². The fraction of sp³-hybridized carbons (Fsp3) is 0.353. The third-order valence-electron chi connectivity index (χ3n) is 3.44. The predicted molar refractivity (Wildman–Crippen MR) is 93.0 cm³/mol. The summed E-state index contributed by atoms with van der Waals surface area (Å²) < 4.78 is 5.50. The molecule has 0 atom stereocenters. The first-order valence-electron chi connectivity index (χ1n) is 7.81. The topological polar surface area (TPSA) is 91.5 Å². The van der Waals surface area contributed by atoms with Crippen molar-refractivity contribution in [2.75, 3.05) is 20.1 Å². The molecule has 3 N–H and O–H groups in total. The highest BCUT2D eigenvalue weighted by Gasteiger charge is 2.07. The van der Waals surface area contributed by atoms with Crippen molar-refractivity contribution in [3.8, 4) is 0 Å². The molecular formula is C17H23N5O2. The Hall–Kier alpha value is -2.83. The summed E-state index contributed by atoms with van der Waals surface area (Å²) in [6.45, 7) is 5.29. The van der Waals surface area contributed by atoms with Gasteiger partial charge in [0.25, 0.3) is 5.91 Å². The van der Waals surface area contributed by atoms with Crippen LogP contribution in [0.15, 0.2) is 39.7 Å². The van der Waals surface area contributed by atoms with Crippen LogP contribution in [0, 0.1) is 13.8 Å². The van der Waals surface area contributed by atoms with Crippen LogP contribution in [0.3, 0.4) is 0 Å². The lowest BCUT2D eigenvalue weighted by Gasteiger charge is -2.11. The number of rotatable bonds is 6. The van der Waals surface area contributed by atoms with E-state index in [-0.39, 0.29) is 5.91 Å². The molecule has 0 aliphatic rings. The van der Waals surface area contributed by atoms with Crippen molar-refractivity contribution in [2.24, 2.45) is 4.99 Å². The molecule has 0 saturated heterocycles. The zero-order valence-corrected chi connectivity index (χ0v) is 14.2. The molecule has 1 aromatic heterocycles. The first-order chi connectivity index (χ1) is 11.6. The van der Waals surface area contributed by atoms with Crippen LogP contribution in [0.25, 0.3) is 0 Å². The summed E-state index contributed by atoms with van der Waals surface area (Å²) in [5.74, 6) is 1.97. The van der Waals surface area contributed by atoms with Crippen LogP contribution in [0.1, 0.15) is 27.7 Å². The van der Waals surface area contributed by atoms with Gasteiger partial charge in [-0.1, -0.05) is 18.2 Å². The van der Waals surface area contributed by atoms with Crippen molar-refractivity contribution >= 4 is 11.9 Å². The highest BCUT2D eigenvalue weighted by Crippen LogP contribution is 2.07. The largest absolute Gasteiger partial charge is 0.444 e. The Morgan fingerprint density at radius 2 is 1.83 bits per heavy atom. The van der Waals surface area contributed by atoms with Crippen molar-refractivity contribution in [1.82, 2.24) is 20.9 Å². The van der Waals surface area contributed by atoms with Crippen LogP contribution in [0.2, 0.25) is 0 Å². The molecule has 0 fully saturated rings. The molecule has 0 spiro atoms. The number of nitrogens with zero attached hydrogens (tertiary/aromatic N) is 2. The van der Waals surface area contributed by atoms with Gasteiger partial charge in [0.05, 0.1) is 12.2 Å². The monoisotopic (exact) mass is 329 g/mol. The molecule has 0 radical (unpaired) electrons. The summed E-state index contributed by atoms with van der Waals surface area (Å²) in [5.41, 5.74) is 1.54. The number of oxazole rings is 1. The van der Waals surface area contributed by atoms with E-state index in [1.165, 1.54) is 0 Å². The first kappa shape index (κ1) is 17.5. The van der Waals surface area contributed by atoms with Gasteiger partial charge in [-0.3, -0.25) is 9.79 Å². The molecule has 0 saturated carbocycles. The number of carbonyl (C=O) groups excluding carboxylic acids is 1. The molecule has 0 aliphatic heterocycles. The van der Waals surface area contributed by atoms with Gasteiger partial charge in [0.15, 0.2) is 5.96 Å². The Morgan fingerprint density at radius 1 is 1.12 bits per heavy atom. The molecule has 7 heteroatoms. The highest BCUT2D eigenvalue weighted by atomic mass is 16.4. The highest BCUT2D eigenvalue weighted by molar-refractivity contribution is 5.94. The summed E-state index contributed by atoms with van der Waals surface area (Å²) in [6, 6.07) is 9.12. The third-order valence-corrected chi connectivity index (χ3v) is 3.44. The average molecular weight is 329 g/mol. The molecule has 128 valence electrons. The van der Waals surface area contributed by atoms with Crippen molar-refractivity contribution < 1.29 is 9.21 Å². The zero-order chi connectivity index (χ0) is 17.4. The van der Waals surface area contributed by atoms with Crippen LogP contribution in [-0.4, -0.2) is 37.0 Å². The molecule has 7 nitrogen and oxygen atoms in total. The second kappa shape index (κ2) is 8.71. The van der Waals surface area contributed by atoms with E-state index in [2.05, 4.69) is 25.9 Å². The smallest absolute Gasteiger partial charge is 0.251 e. The summed E-state index contributed by atoms with van der Waals surface area (Å²) in [4.78, 5) is 20.3. The maximum Gasteiger partial charge on any atom is 0.251 e. The number of guanidine groups is 1. The summed E-state index contributed by atoms with van der Waals surface area (Å²) in [5, 5.41) is 9.09. The van der Waals surface area contributed by atoms with Gasteiger partial charge in [-0.2, -0.15) is 0 Å². The van der Waals surface area contributed by atoms with Crippen LogP contribution in [-0.2, 0) is 6.54 Å². The van der Waals surface area contributed by atoms with E-state index in [1.54, 1.807) is 19.2 Å². The minimum absolute atomic E-state index is 0.0916. The molecule has 2 rings (SSSR count). The Kier molecular flexibility index (Phi) is 6.36. The minimum Gasteiger partial charge on any atom is -0.444 e. The van der Waals surface area contributed by atoms with Gasteiger partial charge in [0.2, 0.25) is 5.89 Å². The number of benzene rings is 1. The Morgan fingerprint density at radius 3 is 2.46 bits per heavy atom. The molecule has 1 amide bonds.